The first-order chi connectivity index (χ1) is 8.08. The molecule has 0 saturated heterocycles. The van der Waals surface area contributed by atoms with Gasteiger partial charge in [-0.3, -0.25) is 0 Å². The van der Waals surface area contributed by atoms with Crippen molar-refractivity contribution in [2.24, 2.45) is 22.4 Å². The fourth-order valence-corrected chi connectivity index (χ4v) is 2.12. The maximum absolute atomic E-state index is 6.40. The SMILES string of the molecule is COCC(C)C1(N)N=C(N)Nc2ccccc21. The van der Waals surface area contributed by atoms with Crippen molar-refractivity contribution >= 4 is 11.6 Å². The van der Waals surface area contributed by atoms with Gasteiger partial charge in [-0.05, 0) is 6.07 Å². The highest BCUT2D eigenvalue weighted by molar-refractivity contribution is 5.95. The Hall–Kier alpha value is -1.59. The first-order valence-corrected chi connectivity index (χ1v) is 5.57. The van der Waals surface area contributed by atoms with E-state index in [-0.39, 0.29) is 5.92 Å². The summed E-state index contributed by atoms with van der Waals surface area (Å²) >= 11 is 0. The van der Waals surface area contributed by atoms with E-state index in [1.54, 1.807) is 7.11 Å². The Morgan fingerprint density at radius 3 is 2.88 bits per heavy atom. The molecule has 5 N–H and O–H groups in total. The minimum absolute atomic E-state index is 0.0364. The van der Waals surface area contributed by atoms with Crippen LogP contribution in [0.3, 0.4) is 0 Å². The third kappa shape index (κ3) is 1.99. The Morgan fingerprint density at radius 2 is 2.18 bits per heavy atom. The van der Waals surface area contributed by atoms with Gasteiger partial charge in [0.2, 0.25) is 0 Å². The van der Waals surface area contributed by atoms with Crippen molar-refractivity contribution < 1.29 is 4.74 Å². The summed E-state index contributed by atoms with van der Waals surface area (Å²) < 4.78 is 5.16. The van der Waals surface area contributed by atoms with Gasteiger partial charge >= 0.3 is 0 Å². The lowest BCUT2D eigenvalue weighted by molar-refractivity contribution is 0.117. The largest absolute Gasteiger partial charge is 0.384 e. The first-order valence-electron chi connectivity index (χ1n) is 5.57. The first kappa shape index (κ1) is 11.9. The van der Waals surface area contributed by atoms with E-state index in [0.717, 1.165) is 11.3 Å². The molecular formula is C12H18N4O. The zero-order valence-corrected chi connectivity index (χ0v) is 10.1. The fraction of sp³-hybridized carbons (Fsp3) is 0.417. The molecule has 1 aromatic rings. The summed E-state index contributed by atoms with van der Waals surface area (Å²) in [6.07, 6.45) is 0. The Morgan fingerprint density at radius 1 is 1.47 bits per heavy atom. The molecule has 17 heavy (non-hydrogen) atoms. The molecule has 1 aromatic carbocycles. The maximum atomic E-state index is 6.40. The lowest BCUT2D eigenvalue weighted by atomic mass is 9.86. The van der Waals surface area contributed by atoms with Gasteiger partial charge in [-0.2, -0.15) is 0 Å². The Balaban J connectivity index is 2.47. The zero-order valence-electron chi connectivity index (χ0n) is 10.1. The number of nitrogens with one attached hydrogen (secondary N) is 1. The predicted molar refractivity (Wildman–Crippen MR) is 68.6 cm³/mol. The number of hydrogen-bond donors (Lipinski definition) is 3. The van der Waals surface area contributed by atoms with Crippen molar-refractivity contribution in [2.45, 2.75) is 12.6 Å². The van der Waals surface area contributed by atoms with Crippen LogP contribution in [0.4, 0.5) is 5.69 Å². The monoisotopic (exact) mass is 234 g/mol. The van der Waals surface area contributed by atoms with E-state index in [0.29, 0.717) is 12.6 Å². The molecule has 5 nitrogen and oxygen atoms in total. The summed E-state index contributed by atoms with van der Waals surface area (Å²) in [6, 6.07) is 7.78. The topological polar surface area (TPSA) is 85.7 Å². The van der Waals surface area contributed by atoms with Crippen molar-refractivity contribution in [3.63, 3.8) is 0 Å². The molecule has 1 aliphatic rings. The number of benzene rings is 1. The van der Waals surface area contributed by atoms with Gasteiger partial charge in [-0.1, -0.05) is 25.1 Å². The van der Waals surface area contributed by atoms with Crippen molar-refractivity contribution in [3.05, 3.63) is 29.8 Å². The van der Waals surface area contributed by atoms with Crippen molar-refractivity contribution in [1.82, 2.24) is 0 Å². The summed E-state index contributed by atoms with van der Waals surface area (Å²) in [7, 11) is 1.65. The predicted octanol–water partition coefficient (Wildman–Crippen LogP) is 0.821. The van der Waals surface area contributed by atoms with Crippen LogP contribution in [0.2, 0.25) is 0 Å². The van der Waals surface area contributed by atoms with E-state index in [1.807, 2.05) is 31.2 Å². The standard InChI is InChI=1S/C12H18N4O/c1-8(7-17-2)12(14)9-5-3-4-6-10(9)15-11(13)16-12/h3-6,8H,7,14H2,1-2H3,(H3,13,15,16). The molecule has 5 heteroatoms. The average Bonchev–Trinajstić information content (AvgIpc) is 2.29. The Kier molecular flexibility index (Phi) is 3.04. The number of nitrogens with zero attached hydrogens (tertiary/aromatic N) is 1. The van der Waals surface area contributed by atoms with Crippen LogP contribution in [-0.2, 0) is 10.4 Å². The average molecular weight is 234 g/mol. The summed E-state index contributed by atoms with van der Waals surface area (Å²) in [5.41, 5.74) is 13.2. The molecule has 2 unspecified atom stereocenters. The molecule has 1 heterocycles. The van der Waals surface area contributed by atoms with Crippen LogP contribution >= 0.6 is 0 Å². The summed E-state index contributed by atoms with van der Waals surface area (Å²) in [6.45, 7) is 2.53. The number of rotatable bonds is 3. The minimum Gasteiger partial charge on any atom is -0.384 e. The van der Waals surface area contributed by atoms with Crippen LogP contribution in [0.15, 0.2) is 29.3 Å². The van der Waals surface area contributed by atoms with Crippen molar-refractivity contribution in [3.8, 4) is 0 Å². The van der Waals surface area contributed by atoms with Gasteiger partial charge in [-0.25, -0.2) is 4.99 Å². The highest BCUT2D eigenvalue weighted by Crippen LogP contribution is 2.36. The number of hydrogen-bond acceptors (Lipinski definition) is 5. The molecule has 0 aliphatic carbocycles. The number of fused-ring (bicyclic) bond motifs is 1. The third-order valence-electron chi connectivity index (χ3n) is 3.09. The lowest BCUT2D eigenvalue weighted by Crippen LogP contribution is -2.48. The van der Waals surface area contributed by atoms with Gasteiger partial charge in [0.15, 0.2) is 5.96 Å². The number of aliphatic imine (C=N–C) groups is 1. The molecule has 2 rings (SSSR count). The molecular weight excluding hydrogens is 216 g/mol. The van der Waals surface area contributed by atoms with E-state index < -0.39 is 5.66 Å². The van der Waals surface area contributed by atoms with Gasteiger partial charge in [0.05, 0.1) is 6.61 Å². The van der Waals surface area contributed by atoms with E-state index in [4.69, 9.17) is 16.2 Å². The van der Waals surface area contributed by atoms with Gasteiger partial charge in [0, 0.05) is 24.3 Å². The van der Waals surface area contributed by atoms with Crippen LogP contribution in [0.1, 0.15) is 12.5 Å². The van der Waals surface area contributed by atoms with Crippen LogP contribution < -0.4 is 16.8 Å². The molecule has 0 amide bonds. The molecule has 0 radical (unpaired) electrons. The Bertz CT molecular complexity index is 446. The van der Waals surface area contributed by atoms with Gasteiger partial charge in [0.1, 0.15) is 5.66 Å². The number of ether oxygens (including phenoxy) is 1. The van der Waals surface area contributed by atoms with Gasteiger partial charge in [-0.15, -0.1) is 0 Å². The molecule has 2 atom stereocenters. The number of para-hydroxylation sites is 1. The van der Waals surface area contributed by atoms with Crippen molar-refractivity contribution in [2.75, 3.05) is 19.0 Å². The van der Waals surface area contributed by atoms with Crippen LogP contribution in [0, 0.1) is 5.92 Å². The van der Waals surface area contributed by atoms with E-state index in [9.17, 15) is 0 Å². The highest BCUT2D eigenvalue weighted by atomic mass is 16.5. The molecule has 0 aromatic heterocycles. The summed E-state index contributed by atoms with van der Waals surface area (Å²) in [5, 5.41) is 3.02. The van der Waals surface area contributed by atoms with Crippen LogP contribution in [0.25, 0.3) is 0 Å². The number of nitrogens with two attached hydrogens (primary N) is 2. The molecule has 0 bridgehead atoms. The molecule has 0 saturated carbocycles. The maximum Gasteiger partial charge on any atom is 0.195 e. The molecule has 0 spiro atoms. The number of anilines is 1. The van der Waals surface area contributed by atoms with Crippen LogP contribution in [0.5, 0.6) is 0 Å². The third-order valence-corrected chi connectivity index (χ3v) is 3.09. The second-order valence-corrected chi connectivity index (χ2v) is 4.35. The van der Waals surface area contributed by atoms with E-state index >= 15 is 0 Å². The van der Waals surface area contributed by atoms with E-state index in [1.165, 1.54) is 0 Å². The number of methoxy groups -OCH3 is 1. The van der Waals surface area contributed by atoms with Crippen LogP contribution in [-0.4, -0.2) is 19.7 Å². The smallest absolute Gasteiger partial charge is 0.195 e. The van der Waals surface area contributed by atoms with E-state index in [2.05, 4.69) is 10.3 Å². The Labute approximate surface area is 101 Å². The minimum atomic E-state index is -0.831. The van der Waals surface area contributed by atoms with Gasteiger partial charge < -0.3 is 21.5 Å². The number of guanidine groups is 1. The zero-order chi connectivity index (χ0) is 12.5. The quantitative estimate of drug-likeness (QED) is 0.722. The van der Waals surface area contributed by atoms with Gasteiger partial charge in [0.25, 0.3) is 0 Å². The second-order valence-electron chi connectivity index (χ2n) is 4.35. The normalized spacial score (nSPS) is 24.5. The molecule has 1 aliphatic heterocycles. The highest BCUT2D eigenvalue weighted by Gasteiger charge is 2.38. The summed E-state index contributed by atoms with van der Waals surface area (Å²) in [4.78, 5) is 4.36. The fourth-order valence-electron chi connectivity index (χ4n) is 2.12. The second kappa shape index (κ2) is 4.35. The summed E-state index contributed by atoms with van der Waals surface area (Å²) in [5.74, 6) is 0.378. The molecule has 92 valence electrons. The van der Waals surface area contributed by atoms with Crippen molar-refractivity contribution in [1.29, 1.82) is 0 Å². The molecule has 0 fully saturated rings. The lowest BCUT2D eigenvalue weighted by Gasteiger charge is -2.36.